The molecule has 0 radical (unpaired) electrons. The van der Waals surface area contributed by atoms with Crippen molar-refractivity contribution in [3.8, 4) is 0 Å². The normalized spacial score (nSPS) is 13.1. The summed E-state index contributed by atoms with van der Waals surface area (Å²) < 4.78 is 57.5. The van der Waals surface area contributed by atoms with Crippen LogP contribution in [0.2, 0.25) is 0 Å². The second-order valence-corrected chi connectivity index (χ2v) is 6.82. The number of thiophene rings is 1. The van der Waals surface area contributed by atoms with E-state index in [0.717, 1.165) is 6.07 Å². The molecular weight excluding hydrogens is 273 g/mol. The van der Waals surface area contributed by atoms with Crippen molar-refractivity contribution in [1.29, 1.82) is 0 Å². The first-order valence-corrected chi connectivity index (χ1v) is 7.06. The van der Waals surface area contributed by atoms with Crippen LogP contribution in [-0.4, -0.2) is 14.2 Å². The lowest BCUT2D eigenvalue weighted by molar-refractivity contribution is -0.134. The molecule has 2 nitrogen and oxygen atoms in total. The van der Waals surface area contributed by atoms with Crippen molar-refractivity contribution in [2.45, 2.75) is 12.6 Å². The smallest absolute Gasteiger partial charge is 0.212 e. The van der Waals surface area contributed by atoms with Gasteiger partial charge >= 0.3 is 6.18 Å². The summed E-state index contributed by atoms with van der Waals surface area (Å²) in [4.78, 5) is -0.379. The van der Waals surface area contributed by atoms with Gasteiger partial charge in [-0.25, -0.2) is 8.42 Å². The van der Waals surface area contributed by atoms with Crippen LogP contribution in [0.5, 0.6) is 0 Å². The molecule has 1 heterocycles. The third kappa shape index (κ3) is 4.40. The molecule has 8 heteroatoms. The molecule has 0 aromatic carbocycles. The second-order valence-electron chi connectivity index (χ2n) is 2.76. The van der Waals surface area contributed by atoms with Crippen LogP contribution in [0, 0.1) is 0 Å². The number of halogens is 4. The van der Waals surface area contributed by atoms with Crippen molar-refractivity contribution in [3.05, 3.63) is 21.9 Å². The molecule has 0 saturated heterocycles. The molecule has 0 atom stereocenters. The Morgan fingerprint density at radius 2 is 1.93 bits per heavy atom. The average molecular weight is 279 g/mol. The van der Waals surface area contributed by atoms with E-state index in [4.69, 9.17) is 10.7 Å². The van der Waals surface area contributed by atoms with E-state index < -0.39 is 20.1 Å². The van der Waals surface area contributed by atoms with Gasteiger partial charge in [-0.2, -0.15) is 13.2 Å². The van der Waals surface area contributed by atoms with Crippen molar-refractivity contribution in [3.63, 3.8) is 0 Å². The molecule has 0 aliphatic carbocycles. The highest BCUT2D eigenvalue weighted by Crippen LogP contribution is 2.34. The Balaban J connectivity index is 2.70. The minimum absolute atomic E-state index is 0.00653. The van der Waals surface area contributed by atoms with Crippen LogP contribution in [0.15, 0.2) is 12.1 Å². The lowest BCUT2D eigenvalue weighted by Gasteiger charge is -2.00. The summed E-state index contributed by atoms with van der Waals surface area (Å²) in [7, 11) is 1.28. The van der Waals surface area contributed by atoms with E-state index in [0.29, 0.717) is 16.2 Å². The van der Waals surface area contributed by atoms with Gasteiger partial charge in [0, 0.05) is 15.6 Å². The molecule has 0 amide bonds. The topological polar surface area (TPSA) is 34.1 Å². The Labute approximate surface area is 93.1 Å². The minimum atomic E-state index is -4.37. The van der Waals surface area contributed by atoms with Crippen molar-refractivity contribution in [2.24, 2.45) is 0 Å². The molecule has 0 aliphatic heterocycles. The maximum Gasteiger partial charge on any atom is 0.425 e. The van der Waals surface area contributed by atoms with Crippen LogP contribution in [-0.2, 0) is 21.6 Å². The maximum absolute atomic E-state index is 12.1. The van der Waals surface area contributed by atoms with E-state index in [1.807, 2.05) is 0 Å². The third-order valence-electron chi connectivity index (χ3n) is 1.53. The summed E-state index contributed by atoms with van der Waals surface area (Å²) in [5.74, 6) is -0.355. The molecule has 0 saturated carbocycles. The van der Waals surface area contributed by atoms with Gasteiger partial charge in [-0.3, -0.25) is 0 Å². The van der Waals surface area contributed by atoms with Gasteiger partial charge in [-0.15, -0.1) is 11.3 Å². The first kappa shape index (κ1) is 12.8. The molecule has 1 rings (SSSR count). The lowest BCUT2D eigenvalue weighted by atomic mass is 10.3. The van der Waals surface area contributed by atoms with Crippen LogP contribution in [0.25, 0.3) is 0 Å². The zero-order valence-electron chi connectivity index (χ0n) is 7.21. The standard InChI is InChI=1S/C7H6ClF3O2S2/c8-15(12,13)4-3-5-1-2-6(14-5)7(9,10)11/h1-2H,3-4H2. The highest BCUT2D eigenvalue weighted by atomic mass is 35.7. The summed E-state index contributed by atoms with van der Waals surface area (Å²) in [6.07, 6.45) is -4.37. The van der Waals surface area contributed by atoms with Gasteiger partial charge in [-0.1, -0.05) is 0 Å². The predicted molar refractivity (Wildman–Crippen MR) is 52.7 cm³/mol. The van der Waals surface area contributed by atoms with Gasteiger partial charge in [0.25, 0.3) is 0 Å². The van der Waals surface area contributed by atoms with Gasteiger partial charge in [0.1, 0.15) is 4.88 Å². The Hall–Kier alpha value is -0.270. The van der Waals surface area contributed by atoms with Gasteiger partial charge in [-0.05, 0) is 18.6 Å². The molecule has 0 spiro atoms. The summed E-state index contributed by atoms with van der Waals surface area (Å²) in [6, 6.07) is 2.19. The number of alkyl halides is 3. The van der Waals surface area contributed by atoms with Crippen LogP contribution < -0.4 is 0 Å². The van der Waals surface area contributed by atoms with E-state index in [9.17, 15) is 21.6 Å². The molecule has 1 aromatic rings. The van der Waals surface area contributed by atoms with Crippen molar-refractivity contribution < 1.29 is 21.6 Å². The largest absolute Gasteiger partial charge is 0.425 e. The lowest BCUT2D eigenvalue weighted by Crippen LogP contribution is -2.01. The molecule has 1 aromatic heterocycles. The summed E-state index contributed by atoms with van der Waals surface area (Å²) in [6.45, 7) is 0. The highest BCUT2D eigenvalue weighted by molar-refractivity contribution is 8.13. The molecular formula is C7H6ClF3O2S2. The number of hydrogen-bond acceptors (Lipinski definition) is 3. The zero-order chi connectivity index (χ0) is 11.7. The number of aryl methyl sites for hydroxylation is 1. The highest BCUT2D eigenvalue weighted by Gasteiger charge is 2.32. The van der Waals surface area contributed by atoms with E-state index in [1.165, 1.54) is 6.07 Å². The fraction of sp³-hybridized carbons (Fsp3) is 0.429. The summed E-state index contributed by atoms with van der Waals surface area (Å²) in [5.41, 5.74) is 0. The van der Waals surface area contributed by atoms with Gasteiger partial charge < -0.3 is 0 Å². The monoisotopic (exact) mass is 278 g/mol. The zero-order valence-corrected chi connectivity index (χ0v) is 9.60. The predicted octanol–water partition coefficient (Wildman–Crippen LogP) is 2.88. The van der Waals surface area contributed by atoms with E-state index in [2.05, 4.69) is 0 Å². The first-order chi connectivity index (χ1) is 6.68. The van der Waals surface area contributed by atoms with E-state index in [1.54, 1.807) is 0 Å². The van der Waals surface area contributed by atoms with Crippen LogP contribution in [0.1, 0.15) is 9.75 Å². The van der Waals surface area contributed by atoms with Crippen molar-refractivity contribution in [1.82, 2.24) is 0 Å². The van der Waals surface area contributed by atoms with Crippen LogP contribution in [0.4, 0.5) is 13.2 Å². The second kappa shape index (κ2) is 4.31. The Bertz CT molecular complexity index is 435. The molecule has 15 heavy (non-hydrogen) atoms. The fourth-order valence-corrected chi connectivity index (χ4v) is 2.59. The summed E-state index contributed by atoms with van der Waals surface area (Å²) in [5, 5.41) is 0. The van der Waals surface area contributed by atoms with E-state index >= 15 is 0 Å². The SMILES string of the molecule is O=S(=O)(Cl)CCc1ccc(C(F)(F)F)s1. The first-order valence-electron chi connectivity index (χ1n) is 3.77. The van der Waals surface area contributed by atoms with E-state index in [-0.39, 0.29) is 12.2 Å². The molecule has 0 aliphatic rings. The molecule has 0 fully saturated rings. The van der Waals surface area contributed by atoms with Gasteiger partial charge in [0.15, 0.2) is 0 Å². The fourth-order valence-electron chi connectivity index (χ4n) is 0.887. The molecule has 0 N–H and O–H groups in total. The van der Waals surface area contributed by atoms with Gasteiger partial charge in [0.05, 0.1) is 5.75 Å². The number of hydrogen-bond donors (Lipinski definition) is 0. The van der Waals surface area contributed by atoms with Crippen molar-refractivity contribution in [2.75, 3.05) is 5.75 Å². The Kier molecular flexibility index (Phi) is 3.67. The Morgan fingerprint density at radius 3 is 2.33 bits per heavy atom. The maximum atomic E-state index is 12.1. The van der Waals surface area contributed by atoms with Crippen molar-refractivity contribution >= 4 is 31.1 Å². The molecule has 0 bridgehead atoms. The molecule has 86 valence electrons. The quantitative estimate of drug-likeness (QED) is 0.797. The average Bonchev–Trinajstić information content (AvgIpc) is 2.45. The van der Waals surface area contributed by atoms with Gasteiger partial charge in [0.2, 0.25) is 9.05 Å². The Morgan fingerprint density at radius 1 is 1.33 bits per heavy atom. The molecule has 0 unspecified atom stereocenters. The number of rotatable bonds is 3. The van der Waals surface area contributed by atoms with Crippen LogP contribution >= 0.6 is 22.0 Å². The minimum Gasteiger partial charge on any atom is -0.212 e. The summed E-state index contributed by atoms with van der Waals surface area (Å²) >= 11 is 0.532. The van der Waals surface area contributed by atoms with Crippen LogP contribution in [0.3, 0.4) is 0 Å². The third-order valence-corrected chi connectivity index (χ3v) is 3.88.